The average molecular weight is 508 g/mol. The van der Waals surface area contributed by atoms with E-state index in [1.807, 2.05) is 32.0 Å². The summed E-state index contributed by atoms with van der Waals surface area (Å²) in [5.74, 6) is 0.204. The molecule has 2 N–H and O–H groups in total. The van der Waals surface area contributed by atoms with Crippen molar-refractivity contribution >= 4 is 34.3 Å². The maximum Gasteiger partial charge on any atom is 0.271 e. The van der Waals surface area contributed by atoms with Crippen LogP contribution in [-0.2, 0) is 14.4 Å². The molecule has 8 nitrogen and oxygen atoms in total. The Bertz CT molecular complexity index is 1220. The molecule has 2 amide bonds. The van der Waals surface area contributed by atoms with Crippen LogP contribution in [0.4, 0.5) is 0 Å². The van der Waals surface area contributed by atoms with Crippen LogP contribution in [0.5, 0.6) is 5.75 Å². The van der Waals surface area contributed by atoms with Crippen LogP contribution in [0.15, 0.2) is 24.3 Å². The molecule has 2 saturated carbocycles. The van der Waals surface area contributed by atoms with Gasteiger partial charge < -0.3 is 19.9 Å². The number of hydrogen-bond donors (Lipinski definition) is 2. The molecule has 2 aliphatic carbocycles. The van der Waals surface area contributed by atoms with Crippen LogP contribution >= 0.6 is 0 Å². The van der Waals surface area contributed by atoms with Crippen molar-refractivity contribution < 1.29 is 23.9 Å². The Labute approximate surface area is 217 Å². The topological polar surface area (TPSA) is 109 Å². The van der Waals surface area contributed by atoms with E-state index in [1.165, 1.54) is 0 Å². The van der Waals surface area contributed by atoms with Crippen LogP contribution in [0.1, 0.15) is 69.3 Å². The van der Waals surface area contributed by atoms with E-state index in [4.69, 9.17) is 4.74 Å². The van der Waals surface area contributed by atoms with E-state index >= 15 is 0 Å². The molecule has 37 heavy (non-hydrogen) atoms. The van der Waals surface area contributed by atoms with Gasteiger partial charge in [-0.15, -0.1) is 0 Å². The predicted octanol–water partition coefficient (Wildman–Crippen LogP) is 3.89. The molecule has 8 heteroatoms. The zero-order valence-electron chi connectivity index (χ0n) is 21.9. The second kappa shape index (κ2) is 10.3. The third kappa shape index (κ3) is 4.78. The highest BCUT2D eigenvalue weighted by atomic mass is 16.5. The maximum atomic E-state index is 13.8. The number of nitrogens with zero attached hydrogens (tertiary/aromatic N) is 1. The molecule has 1 aromatic heterocycles. The number of aromatic amines is 1. The number of carbonyl (C=O) groups excluding carboxylic acids is 4. The fourth-order valence-electron chi connectivity index (χ4n) is 6.75. The Morgan fingerprint density at radius 3 is 2.68 bits per heavy atom. The molecule has 1 aliphatic heterocycles. The smallest absolute Gasteiger partial charge is 0.271 e. The summed E-state index contributed by atoms with van der Waals surface area (Å²) in [5, 5.41) is 3.83. The van der Waals surface area contributed by atoms with E-state index in [0.29, 0.717) is 30.8 Å². The fourth-order valence-corrected chi connectivity index (χ4v) is 6.75. The Hall–Kier alpha value is -3.16. The first-order valence-electron chi connectivity index (χ1n) is 13.6. The molecule has 5 atom stereocenters. The van der Waals surface area contributed by atoms with Crippen LogP contribution < -0.4 is 10.1 Å². The first-order valence-corrected chi connectivity index (χ1v) is 13.6. The summed E-state index contributed by atoms with van der Waals surface area (Å²) in [6.07, 6.45) is 5.41. The molecule has 198 valence electrons. The molecule has 2 aromatic rings. The quantitative estimate of drug-likeness (QED) is 0.564. The number of hydrogen-bond acceptors (Lipinski definition) is 5. The minimum atomic E-state index is -0.714. The monoisotopic (exact) mass is 507 g/mol. The van der Waals surface area contributed by atoms with Crippen molar-refractivity contribution in [2.75, 3.05) is 13.7 Å². The summed E-state index contributed by atoms with van der Waals surface area (Å²) in [7, 11) is 1.60. The summed E-state index contributed by atoms with van der Waals surface area (Å²) in [6, 6.07) is 6.05. The first kappa shape index (κ1) is 25.5. The largest absolute Gasteiger partial charge is 0.496 e. The van der Waals surface area contributed by atoms with E-state index in [9.17, 15) is 19.2 Å². The molecule has 1 saturated heterocycles. The second-order valence-corrected chi connectivity index (χ2v) is 11.3. The predicted molar refractivity (Wildman–Crippen MR) is 139 cm³/mol. The lowest BCUT2D eigenvalue weighted by Gasteiger charge is -2.29. The van der Waals surface area contributed by atoms with E-state index in [0.717, 1.165) is 43.0 Å². The number of methoxy groups -OCH3 is 1. The molecular formula is C29H37N3O5. The van der Waals surface area contributed by atoms with Crippen molar-refractivity contribution in [3.63, 3.8) is 0 Å². The zero-order valence-corrected chi connectivity index (χ0v) is 21.9. The minimum absolute atomic E-state index is 0.0605. The highest BCUT2D eigenvalue weighted by Crippen LogP contribution is 2.43. The lowest BCUT2D eigenvalue weighted by Crippen LogP contribution is -2.53. The number of benzene rings is 1. The van der Waals surface area contributed by atoms with E-state index in [-0.39, 0.29) is 47.1 Å². The van der Waals surface area contributed by atoms with Gasteiger partial charge in [0.2, 0.25) is 5.91 Å². The van der Waals surface area contributed by atoms with E-state index in [2.05, 4.69) is 10.3 Å². The normalized spacial score (nSPS) is 26.1. The van der Waals surface area contributed by atoms with Crippen molar-refractivity contribution in [3.8, 4) is 5.75 Å². The number of Topliss-reactive ketones (excluding diaryl/α,β-unsaturated/α-hetero) is 2. The molecule has 5 rings (SSSR count). The Kier molecular flexibility index (Phi) is 7.10. The molecule has 3 fully saturated rings. The lowest BCUT2D eigenvalue weighted by atomic mass is 9.89. The van der Waals surface area contributed by atoms with Crippen LogP contribution in [-0.4, -0.2) is 59.0 Å². The molecule has 0 spiro atoms. The molecule has 3 aliphatic rings. The maximum absolute atomic E-state index is 13.8. The average Bonchev–Trinajstić information content (AvgIpc) is 3.66. The molecule has 0 unspecified atom stereocenters. The van der Waals surface area contributed by atoms with Crippen molar-refractivity contribution in [1.29, 1.82) is 0 Å². The van der Waals surface area contributed by atoms with Gasteiger partial charge in [0.15, 0.2) is 5.78 Å². The molecule has 0 radical (unpaired) electrons. The van der Waals surface area contributed by atoms with Crippen molar-refractivity contribution in [2.45, 2.75) is 70.9 Å². The fraction of sp³-hybridized carbons (Fsp3) is 0.586. The van der Waals surface area contributed by atoms with Gasteiger partial charge in [-0.25, -0.2) is 0 Å². The van der Waals surface area contributed by atoms with Crippen LogP contribution in [0.25, 0.3) is 10.9 Å². The number of ether oxygens (including phenoxy) is 1. The molecular weight excluding hydrogens is 470 g/mol. The summed E-state index contributed by atoms with van der Waals surface area (Å²) in [4.78, 5) is 57.9. The highest BCUT2D eigenvalue weighted by molar-refractivity contribution is 6.02. The van der Waals surface area contributed by atoms with Crippen molar-refractivity contribution in [3.05, 3.63) is 30.0 Å². The molecule has 1 aromatic carbocycles. The Morgan fingerprint density at radius 1 is 1.16 bits per heavy atom. The Morgan fingerprint density at radius 2 is 1.97 bits per heavy atom. The number of fused-ring (bicyclic) bond motifs is 2. The summed E-state index contributed by atoms with van der Waals surface area (Å²) >= 11 is 0. The van der Waals surface area contributed by atoms with Gasteiger partial charge in [0.05, 0.1) is 13.2 Å². The lowest BCUT2D eigenvalue weighted by molar-refractivity contribution is -0.133. The number of amides is 2. The third-order valence-corrected chi connectivity index (χ3v) is 8.67. The Balaban J connectivity index is 1.40. The van der Waals surface area contributed by atoms with E-state index < -0.39 is 12.1 Å². The number of rotatable bonds is 8. The number of ketones is 2. The molecule has 0 bridgehead atoms. The zero-order chi connectivity index (χ0) is 26.3. The van der Waals surface area contributed by atoms with E-state index in [1.54, 1.807) is 18.1 Å². The number of carbonyl (C=O) groups is 4. The number of H-pyrrole nitrogens is 1. The van der Waals surface area contributed by atoms with Gasteiger partial charge in [-0.2, -0.15) is 0 Å². The van der Waals surface area contributed by atoms with Gasteiger partial charge >= 0.3 is 0 Å². The second-order valence-electron chi connectivity index (χ2n) is 11.3. The number of nitrogens with one attached hydrogen (secondary N) is 2. The van der Waals surface area contributed by atoms with Gasteiger partial charge in [-0.05, 0) is 62.1 Å². The van der Waals surface area contributed by atoms with Gasteiger partial charge in [-0.1, -0.05) is 26.3 Å². The van der Waals surface area contributed by atoms with Gasteiger partial charge in [0.25, 0.3) is 5.91 Å². The molecule has 2 heterocycles. The van der Waals surface area contributed by atoms with Crippen LogP contribution in [0.2, 0.25) is 0 Å². The summed E-state index contributed by atoms with van der Waals surface area (Å²) in [5.41, 5.74) is 1.22. The highest BCUT2D eigenvalue weighted by Gasteiger charge is 2.50. The number of likely N-dealkylation sites (tertiary alicyclic amines) is 1. The first-order chi connectivity index (χ1) is 17.8. The van der Waals surface area contributed by atoms with Crippen molar-refractivity contribution in [2.24, 2.45) is 23.7 Å². The van der Waals surface area contributed by atoms with Gasteiger partial charge in [-0.3, -0.25) is 19.2 Å². The van der Waals surface area contributed by atoms with Gasteiger partial charge in [0, 0.05) is 35.7 Å². The van der Waals surface area contributed by atoms with Crippen LogP contribution in [0.3, 0.4) is 0 Å². The van der Waals surface area contributed by atoms with Gasteiger partial charge in [0.1, 0.15) is 23.3 Å². The summed E-state index contributed by atoms with van der Waals surface area (Å²) in [6.45, 7) is 4.17. The van der Waals surface area contributed by atoms with Crippen molar-refractivity contribution in [1.82, 2.24) is 15.2 Å². The SMILES string of the molecule is COc1cccc2[nH]c(C(=O)N3C[C@@H]4CCC[C@@H]4[C@H]3C(=O)N[C@@H](C[C@@H]3CCCC3=O)C(=O)C(C)C)cc12. The standard InChI is InChI=1S/C29H37N3O5/c1-16(2)27(34)22(13-17-7-5-11-24(17)33)31-28(35)26-19-9-4-8-18(19)15-32(26)29(36)23-14-20-21(30-23)10-6-12-25(20)37-3/h6,10,12,14,16-19,22,26,30H,4-5,7-9,11,13,15H2,1-3H3,(H,31,35)/t17-,18-,19-,22-,26-/m0/s1. The third-order valence-electron chi connectivity index (χ3n) is 8.67. The number of aromatic nitrogens is 1. The minimum Gasteiger partial charge on any atom is -0.496 e. The summed E-state index contributed by atoms with van der Waals surface area (Å²) < 4.78 is 5.45. The van der Waals surface area contributed by atoms with Crippen LogP contribution in [0, 0.1) is 23.7 Å².